The molecule has 0 radical (unpaired) electrons. The molecule has 8 aromatic rings. The molecular formula is C39H24S2. The third kappa shape index (κ3) is 3.61. The fourth-order valence-corrected chi connectivity index (χ4v) is 9.02. The highest BCUT2D eigenvalue weighted by atomic mass is 32.2. The summed E-state index contributed by atoms with van der Waals surface area (Å²) in [6, 6.07) is 51.9. The molecule has 0 unspecified atom stereocenters. The molecule has 2 heterocycles. The molecular weight excluding hydrogens is 533 g/mol. The minimum atomic E-state index is 0.164. The first kappa shape index (κ1) is 23.3. The van der Waals surface area contributed by atoms with Crippen molar-refractivity contribution in [2.75, 3.05) is 0 Å². The lowest BCUT2D eigenvalue weighted by atomic mass is 9.80. The summed E-state index contributed by atoms with van der Waals surface area (Å²) in [5, 5.41) is 7.99. The van der Waals surface area contributed by atoms with E-state index >= 15 is 0 Å². The maximum absolute atomic E-state index is 2.36. The van der Waals surface area contributed by atoms with E-state index in [-0.39, 0.29) is 5.92 Å². The second-order valence-corrected chi connectivity index (χ2v) is 13.0. The second kappa shape index (κ2) is 9.07. The molecule has 1 aliphatic rings. The standard InChI is InChI=1S/C39H24S2/c1-3-9-29-25(7-1)18-21-34-38(29)37(39-30-10-4-2-8-26(30)19-22-35(39)41-34)27-15-13-24(14-16-27)28-17-20-32-31-11-5-6-12-33(31)40-36(32)23-28/h1-23,37H. The number of rotatable bonds is 2. The zero-order valence-corrected chi connectivity index (χ0v) is 23.8. The van der Waals surface area contributed by atoms with Crippen LogP contribution in [-0.2, 0) is 0 Å². The van der Waals surface area contributed by atoms with E-state index in [1.54, 1.807) is 0 Å². The Hall–Kier alpha value is -4.37. The topological polar surface area (TPSA) is 0 Å². The van der Waals surface area contributed by atoms with E-state index < -0.39 is 0 Å². The number of hydrogen-bond donors (Lipinski definition) is 0. The van der Waals surface area contributed by atoms with E-state index in [0.29, 0.717) is 0 Å². The number of fused-ring (bicyclic) bond motifs is 9. The molecule has 0 fully saturated rings. The maximum atomic E-state index is 2.36. The Morgan fingerprint density at radius 1 is 0.415 bits per heavy atom. The fourth-order valence-electron chi connectivity index (χ4n) is 6.69. The minimum absolute atomic E-state index is 0.164. The lowest BCUT2D eigenvalue weighted by Gasteiger charge is -2.31. The number of benzene rings is 7. The molecule has 0 saturated carbocycles. The highest BCUT2D eigenvalue weighted by Gasteiger charge is 2.31. The molecule has 0 saturated heterocycles. The minimum Gasteiger partial charge on any atom is -0.135 e. The van der Waals surface area contributed by atoms with Gasteiger partial charge in [-0.15, -0.1) is 11.3 Å². The van der Waals surface area contributed by atoms with Crippen LogP contribution in [0.3, 0.4) is 0 Å². The molecule has 0 nitrogen and oxygen atoms in total. The summed E-state index contributed by atoms with van der Waals surface area (Å²) in [6.07, 6.45) is 0. The van der Waals surface area contributed by atoms with Gasteiger partial charge in [0.1, 0.15) is 0 Å². The van der Waals surface area contributed by atoms with Crippen LogP contribution >= 0.6 is 23.1 Å². The molecule has 0 bridgehead atoms. The molecule has 1 aliphatic heterocycles. The van der Waals surface area contributed by atoms with Gasteiger partial charge in [0.05, 0.1) is 0 Å². The largest absolute Gasteiger partial charge is 0.135 e. The van der Waals surface area contributed by atoms with Crippen molar-refractivity contribution in [3.8, 4) is 11.1 Å². The van der Waals surface area contributed by atoms with Crippen LogP contribution in [0.15, 0.2) is 149 Å². The van der Waals surface area contributed by atoms with Crippen molar-refractivity contribution in [2.45, 2.75) is 15.7 Å². The highest BCUT2D eigenvalue weighted by molar-refractivity contribution is 7.99. The summed E-state index contributed by atoms with van der Waals surface area (Å²) in [4.78, 5) is 2.71. The van der Waals surface area contributed by atoms with E-state index in [4.69, 9.17) is 0 Å². The first-order valence-electron chi connectivity index (χ1n) is 14.0. The van der Waals surface area contributed by atoms with Crippen molar-refractivity contribution in [3.05, 3.63) is 156 Å². The highest BCUT2D eigenvalue weighted by Crippen LogP contribution is 2.53. The van der Waals surface area contributed by atoms with E-state index in [0.717, 1.165) is 0 Å². The van der Waals surface area contributed by atoms with Crippen molar-refractivity contribution in [1.82, 2.24) is 0 Å². The van der Waals surface area contributed by atoms with Crippen molar-refractivity contribution in [1.29, 1.82) is 0 Å². The normalized spacial score (nSPS) is 13.2. The Labute approximate surface area is 246 Å². The summed E-state index contributed by atoms with van der Waals surface area (Å²) in [5.74, 6) is 0.164. The molecule has 0 N–H and O–H groups in total. The first-order chi connectivity index (χ1) is 20.3. The summed E-state index contributed by atoms with van der Waals surface area (Å²) in [7, 11) is 0. The van der Waals surface area contributed by atoms with Gasteiger partial charge in [0.25, 0.3) is 0 Å². The van der Waals surface area contributed by atoms with Gasteiger partial charge in [-0.05, 0) is 73.6 Å². The Kier molecular flexibility index (Phi) is 5.17. The van der Waals surface area contributed by atoms with Crippen molar-refractivity contribution < 1.29 is 0 Å². The van der Waals surface area contributed by atoms with Gasteiger partial charge in [-0.2, -0.15) is 0 Å². The molecule has 0 atom stereocenters. The quantitative estimate of drug-likeness (QED) is 0.204. The molecule has 9 rings (SSSR count). The smallest absolute Gasteiger partial charge is 0.0374 e. The Morgan fingerprint density at radius 2 is 0.976 bits per heavy atom. The van der Waals surface area contributed by atoms with Gasteiger partial charge in [-0.25, -0.2) is 0 Å². The van der Waals surface area contributed by atoms with Crippen LogP contribution in [0, 0.1) is 0 Å². The summed E-state index contributed by atoms with van der Waals surface area (Å²) >= 11 is 3.80. The van der Waals surface area contributed by atoms with Crippen molar-refractivity contribution in [3.63, 3.8) is 0 Å². The third-order valence-corrected chi connectivity index (χ3v) is 10.9. The number of thiophene rings is 1. The van der Waals surface area contributed by atoms with Crippen LogP contribution in [0.5, 0.6) is 0 Å². The van der Waals surface area contributed by atoms with Gasteiger partial charge >= 0.3 is 0 Å². The van der Waals surface area contributed by atoms with Crippen molar-refractivity contribution >= 4 is 64.8 Å². The van der Waals surface area contributed by atoms with Gasteiger partial charge < -0.3 is 0 Å². The molecule has 0 spiro atoms. The Bertz CT molecular complexity index is 2200. The van der Waals surface area contributed by atoms with Crippen LogP contribution in [0.1, 0.15) is 22.6 Å². The SMILES string of the molecule is c1ccc2c3c(ccc2c1)Sc1ccc2ccccc2c1C3c1ccc(-c2ccc3c(c2)sc2ccccc23)cc1. The Balaban J connectivity index is 1.23. The van der Waals surface area contributed by atoms with Gasteiger partial charge in [0, 0.05) is 35.9 Å². The molecule has 192 valence electrons. The van der Waals surface area contributed by atoms with Crippen molar-refractivity contribution in [2.24, 2.45) is 0 Å². The second-order valence-electron chi connectivity index (χ2n) is 10.9. The lowest BCUT2D eigenvalue weighted by Crippen LogP contribution is -2.11. The summed E-state index contributed by atoms with van der Waals surface area (Å²) in [5.41, 5.74) is 6.72. The van der Waals surface area contributed by atoms with E-state index in [9.17, 15) is 0 Å². The zero-order valence-electron chi connectivity index (χ0n) is 22.2. The van der Waals surface area contributed by atoms with Crippen LogP contribution in [-0.4, -0.2) is 0 Å². The molecule has 0 aliphatic carbocycles. The average Bonchev–Trinajstić information content (AvgIpc) is 3.41. The van der Waals surface area contributed by atoms with E-state index in [1.165, 1.54) is 79.3 Å². The molecule has 41 heavy (non-hydrogen) atoms. The van der Waals surface area contributed by atoms with Crippen LogP contribution < -0.4 is 0 Å². The van der Waals surface area contributed by atoms with Gasteiger partial charge in [-0.1, -0.05) is 127 Å². The predicted octanol–water partition coefficient (Wildman–Crippen LogP) is 11.7. The lowest BCUT2D eigenvalue weighted by molar-refractivity contribution is 0.926. The zero-order chi connectivity index (χ0) is 26.9. The monoisotopic (exact) mass is 556 g/mol. The predicted molar refractivity (Wildman–Crippen MR) is 178 cm³/mol. The van der Waals surface area contributed by atoms with E-state index in [1.807, 2.05) is 23.1 Å². The number of hydrogen-bond acceptors (Lipinski definition) is 2. The van der Waals surface area contributed by atoms with Crippen LogP contribution in [0.25, 0.3) is 52.8 Å². The van der Waals surface area contributed by atoms with Crippen LogP contribution in [0.4, 0.5) is 0 Å². The van der Waals surface area contributed by atoms with Gasteiger partial charge in [0.15, 0.2) is 0 Å². The molecule has 7 aromatic carbocycles. The van der Waals surface area contributed by atoms with Gasteiger partial charge in [0.2, 0.25) is 0 Å². The third-order valence-electron chi connectivity index (χ3n) is 8.61. The van der Waals surface area contributed by atoms with Crippen LogP contribution in [0.2, 0.25) is 0 Å². The maximum Gasteiger partial charge on any atom is 0.0374 e. The first-order valence-corrected chi connectivity index (χ1v) is 15.7. The summed E-state index contributed by atoms with van der Waals surface area (Å²) < 4.78 is 2.69. The molecule has 0 amide bonds. The van der Waals surface area contributed by atoms with Gasteiger partial charge in [-0.3, -0.25) is 0 Å². The molecule has 2 heteroatoms. The van der Waals surface area contributed by atoms with E-state index in [2.05, 4.69) is 140 Å². The fraction of sp³-hybridized carbons (Fsp3) is 0.0256. The average molecular weight is 557 g/mol. The summed E-state index contributed by atoms with van der Waals surface area (Å²) in [6.45, 7) is 0. The molecule has 1 aromatic heterocycles. The Morgan fingerprint density at radius 3 is 1.66 bits per heavy atom.